The largest absolute Gasteiger partial charge is 0.0845 e. The third-order valence-corrected chi connectivity index (χ3v) is 3.38. The summed E-state index contributed by atoms with van der Waals surface area (Å²) < 4.78 is 0. The van der Waals surface area contributed by atoms with Crippen molar-refractivity contribution in [1.29, 1.82) is 0 Å². The molecule has 0 N–H and O–H groups in total. The first-order valence-corrected chi connectivity index (χ1v) is 5.96. The van der Waals surface area contributed by atoms with Gasteiger partial charge in [0.25, 0.3) is 0 Å². The van der Waals surface area contributed by atoms with Gasteiger partial charge >= 0.3 is 0 Å². The fourth-order valence-corrected chi connectivity index (χ4v) is 1.63. The fourth-order valence-electron chi connectivity index (χ4n) is 0.991. The molecule has 0 bridgehead atoms. The zero-order valence-corrected chi connectivity index (χ0v) is 11.1. The molecule has 0 amide bonds. The van der Waals surface area contributed by atoms with Gasteiger partial charge in [-0.05, 0) is 26.0 Å². The van der Waals surface area contributed by atoms with E-state index in [1.54, 1.807) is 0 Å². The van der Waals surface area contributed by atoms with Crippen molar-refractivity contribution < 1.29 is 0 Å². The van der Waals surface area contributed by atoms with Gasteiger partial charge in [-0.15, -0.1) is 0 Å². The summed E-state index contributed by atoms with van der Waals surface area (Å²) in [5, 5.41) is 1.37. The Hall–Kier alpha value is 0.0200. The Labute approximate surface area is 103 Å². The molecule has 0 aromatic heterocycles. The van der Waals surface area contributed by atoms with E-state index in [0.29, 0.717) is 14.9 Å². The number of hydrogen-bond acceptors (Lipinski definition) is 0. The molecule has 1 rings (SSSR count). The number of hydrogen-bond donors (Lipinski definition) is 0. The van der Waals surface area contributed by atoms with Crippen LogP contribution in [-0.2, 0) is 0 Å². The topological polar surface area (TPSA) is 0 Å². The molecule has 0 saturated carbocycles. The zero-order chi connectivity index (χ0) is 10.7. The minimum Gasteiger partial charge on any atom is -0.0845 e. The lowest BCUT2D eigenvalue weighted by Crippen LogP contribution is -1.91. The lowest BCUT2D eigenvalue weighted by atomic mass is 10.1. The van der Waals surface area contributed by atoms with E-state index in [1.807, 2.05) is 31.2 Å². The molecule has 0 saturated heterocycles. The highest BCUT2D eigenvalue weighted by Crippen LogP contribution is 2.27. The normalized spacial score (nSPS) is 14.2. The van der Waals surface area contributed by atoms with Crippen molar-refractivity contribution in [2.24, 2.45) is 0 Å². The molecule has 0 spiro atoms. The molecule has 76 valence electrons. The van der Waals surface area contributed by atoms with Crippen molar-refractivity contribution >= 4 is 45.2 Å². The third kappa shape index (κ3) is 3.01. The average molecular weight is 294 g/mol. The van der Waals surface area contributed by atoms with Gasteiger partial charge < -0.3 is 0 Å². The van der Waals surface area contributed by atoms with Crippen LogP contribution in [0.15, 0.2) is 23.8 Å². The molecule has 14 heavy (non-hydrogen) atoms. The van der Waals surface area contributed by atoms with Gasteiger partial charge in [0.05, 0.1) is 0 Å². The van der Waals surface area contributed by atoms with Crippen LogP contribution in [0.25, 0.3) is 6.08 Å². The zero-order valence-electron chi connectivity index (χ0n) is 8.02. The molecule has 0 fully saturated rings. The summed E-state index contributed by atoms with van der Waals surface area (Å²) in [5.41, 5.74) is 2.08. The average Bonchev–Trinajstić information content (AvgIpc) is 2.11. The molecule has 1 unspecified atom stereocenters. The highest BCUT2D eigenvalue weighted by atomic mass is 79.9. The molecule has 3 heteroatoms. The maximum Gasteiger partial charge on any atom is 0.0493 e. The Bertz CT molecular complexity index is 336. The lowest BCUT2D eigenvalue weighted by molar-refractivity contribution is 1.16. The summed E-state index contributed by atoms with van der Waals surface area (Å²) in [6, 6.07) is 5.52. The van der Waals surface area contributed by atoms with Gasteiger partial charge in [0.2, 0.25) is 0 Å². The SMILES string of the molecule is C/C(=C\c1c(Cl)cccc1Cl)C(C)Br. The third-order valence-electron chi connectivity index (χ3n) is 2.00. The monoisotopic (exact) mass is 292 g/mol. The first-order chi connectivity index (χ1) is 6.52. The molecule has 1 aromatic carbocycles. The van der Waals surface area contributed by atoms with Gasteiger partial charge in [0, 0.05) is 20.4 Å². The summed E-state index contributed by atoms with van der Waals surface area (Å²) in [7, 11) is 0. The number of benzene rings is 1. The number of alkyl halides is 1. The fraction of sp³-hybridized carbons (Fsp3) is 0.273. The predicted molar refractivity (Wildman–Crippen MR) is 68.5 cm³/mol. The van der Waals surface area contributed by atoms with Crippen molar-refractivity contribution in [2.45, 2.75) is 18.7 Å². The molecule has 1 atom stereocenters. The maximum absolute atomic E-state index is 6.03. The van der Waals surface area contributed by atoms with Gasteiger partial charge in [0.15, 0.2) is 0 Å². The van der Waals surface area contributed by atoms with Gasteiger partial charge in [-0.1, -0.05) is 56.8 Å². The summed E-state index contributed by atoms with van der Waals surface area (Å²) in [4.78, 5) is 0.329. The summed E-state index contributed by atoms with van der Waals surface area (Å²) in [6.45, 7) is 4.11. The number of halogens is 3. The molecule has 1 aromatic rings. The van der Waals surface area contributed by atoms with Crippen LogP contribution < -0.4 is 0 Å². The van der Waals surface area contributed by atoms with E-state index in [9.17, 15) is 0 Å². The van der Waals surface area contributed by atoms with Crippen LogP contribution in [0.4, 0.5) is 0 Å². The van der Waals surface area contributed by atoms with E-state index >= 15 is 0 Å². The Morgan fingerprint density at radius 2 is 1.86 bits per heavy atom. The van der Waals surface area contributed by atoms with Crippen molar-refractivity contribution in [1.82, 2.24) is 0 Å². The lowest BCUT2D eigenvalue weighted by Gasteiger charge is -2.06. The molecule has 0 radical (unpaired) electrons. The van der Waals surface area contributed by atoms with E-state index in [-0.39, 0.29) is 0 Å². The van der Waals surface area contributed by atoms with Crippen LogP contribution in [0.2, 0.25) is 10.0 Å². The van der Waals surface area contributed by atoms with Crippen LogP contribution >= 0.6 is 39.1 Å². The summed E-state index contributed by atoms with van der Waals surface area (Å²) in [6.07, 6.45) is 2.00. The van der Waals surface area contributed by atoms with Gasteiger partial charge in [0.1, 0.15) is 0 Å². The van der Waals surface area contributed by atoms with Gasteiger partial charge in [-0.3, -0.25) is 0 Å². The van der Waals surface area contributed by atoms with E-state index in [1.165, 1.54) is 5.57 Å². The standard InChI is InChI=1S/C11H11BrCl2/c1-7(8(2)12)6-9-10(13)4-3-5-11(9)14/h3-6,8H,1-2H3/b7-6+. The van der Waals surface area contributed by atoms with Crippen LogP contribution in [0.5, 0.6) is 0 Å². The highest BCUT2D eigenvalue weighted by Gasteiger charge is 2.04. The van der Waals surface area contributed by atoms with Crippen LogP contribution in [0, 0.1) is 0 Å². The van der Waals surface area contributed by atoms with E-state index in [2.05, 4.69) is 22.9 Å². The van der Waals surface area contributed by atoms with Crippen molar-refractivity contribution in [3.8, 4) is 0 Å². The molecule has 0 nitrogen and oxygen atoms in total. The minimum absolute atomic E-state index is 0.329. The Morgan fingerprint density at radius 3 is 2.29 bits per heavy atom. The van der Waals surface area contributed by atoms with Crippen LogP contribution in [0.1, 0.15) is 19.4 Å². The van der Waals surface area contributed by atoms with E-state index in [4.69, 9.17) is 23.2 Å². The summed E-state index contributed by atoms with van der Waals surface area (Å²) >= 11 is 15.6. The number of rotatable bonds is 2. The first-order valence-electron chi connectivity index (χ1n) is 4.28. The predicted octanol–water partition coefficient (Wildman–Crippen LogP) is 5.18. The Kier molecular flexibility index (Phi) is 4.49. The quantitative estimate of drug-likeness (QED) is 0.659. The first kappa shape index (κ1) is 12.1. The second kappa shape index (κ2) is 5.20. The second-order valence-electron chi connectivity index (χ2n) is 3.14. The highest BCUT2D eigenvalue weighted by molar-refractivity contribution is 9.09. The smallest absolute Gasteiger partial charge is 0.0493 e. The molecular weight excluding hydrogens is 283 g/mol. The molecule has 0 aliphatic carbocycles. The van der Waals surface area contributed by atoms with E-state index in [0.717, 1.165) is 5.56 Å². The van der Waals surface area contributed by atoms with Crippen molar-refractivity contribution in [3.63, 3.8) is 0 Å². The van der Waals surface area contributed by atoms with Gasteiger partial charge in [-0.25, -0.2) is 0 Å². The van der Waals surface area contributed by atoms with Crippen LogP contribution in [0.3, 0.4) is 0 Å². The van der Waals surface area contributed by atoms with Crippen LogP contribution in [-0.4, -0.2) is 4.83 Å². The Morgan fingerprint density at radius 1 is 1.36 bits per heavy atom. The second-order valence-corrected chi connectivity index (χ2v) is 5.33. The molecule has 0 aliphatic rings. The Balaban J connectivity index is 3.14. The maximum atomic E-state index is 6.03. The van der Waals surface area contributed by atoms with E-state index < -0.39 is 0 Å². The van der Waals surface area contributed by atoms with Crippen molar-refractivity contribution in [3.05, 3.63) is 39.4 Å². The summed E-state index contributed by atoms with van der Waals surface area (Å²) in [5.74, 6) is 0. The van der Waals surface area contributed by atoms with Crippen molar-refractivity contribution in [2.75, 3.05) is 0 Å². The minimum atomic E-state index is 0.329. The van der Waals surface area contributed by atoms with Gasteiger partial charge in [-0.2, -0.15) is 0 Å². The number of allylic oxidation sites excluding steroid dienone is 1. The molecule has 0 heterocycles. The molecular formula is C11H11BrCl2. The molecule has 0 aliphatic heterocycles.